The molecular weight excluding hydrogens is 216 g/mol. The van der Waals surface area contributed by atoms with Crippen LogP contribution in [0.3, 0.4) is 0 Å². The Morgan fingerprint density at radius 3 is 3.17 bits per heavy atom. The van der Waals surface area contributed by atoms with Gasteiger partial charge >= 0.3 is 0 Å². The number of hydrogen-bond donors (Lipinski definition) is 1. The lowest BCUT2D eigenvalue weighted by Crippen LogP contribution is -1.99. The molecule has 62 valence electrons. The number of rotatable bonds is 2. The van der Waals surface area contributed by atoms with Crippen molar-refractivity contribution in [2.24, 2.45) is 0 Å². The first-order chi connectivity index (χ1) is 5.84. The van der Waals surface area contributed by atoms with Gasteiger partial charge in [0.2, 0.25) is 0 Å². The standard InChI is InChI=1S/C9H9BrN2/c1-2-3-5-12-9-4-6-11-7-8(9)10/h4,6-7H,5H2,1H3,(H,11,12). The highest BCUT2D eigenvalue weighted by Crippen LogP contribution is 2.19. The van der Waals surface area contributed by atoms with Gasteiger partial charge in [-0.1, -0.05) is 5.92 Å². The Bertz CT molecular complexity index is 312. The maximum absolute atomic E-state index is 3.95. The molecule has 0 atom stereocenters. The van der Waals surface area contributed by atoms with E-state index in [1.54, 1.807) is 12.4 Å². The van der Waals surface area contributed by atoms with E-state index < -0.39 is 0 Å². The molecule has 1 N–H and O–H groups in total. The minimum Gasteiger partial charge on any atom is -0.373 e. The Morgan fingerprint density at radius 1 is 1.67 bits per heavy atom. The summed E-state index contributed by atoms with van der Waals surface area (Å²) in [7, 11) is 0. The summed E-state index contributed by atoms with van der Waals surface area (Å²) < 4.78 is 0.961. The maximum Gasteiger partial charge on any atom is 0.0766 e. The Hall–Kier alpha value is -1.01. The third-order valence-corrected chi connectivity index (χ3v) is 1.95. The summed E-state index contributed by atoms with van der Waals surface area (Å²) in [5.74, 6) is 5.74. The zero-order chi connectivity index (χ0) is 8.81. The van der Waals surface area contributed by atoms with E-state index >= 15 is 0 Å². The third-order valence-electron chi connectivity index (χ3n) is 1.32. The molecule has 12 heavy (non-hydrogen) atoms. The molecule has 1 aromatic rings. The molecule has 1 aromatic heterocycles. The minimum atomic E-state index is 0.666. The van der Waals surface area contributed by atoms with Crippen LogP contribution in [0.15, 0.2) is 22.9 Å². The summed E-state index contributed by atoms with van der Waals surface area (Å²) in [5.41, 5.74) is 1.02. The molecule has 0 saturated heterocycles. The molecule has 1 rings (SSSR count). The summed E-state index contributed by atoms with van der Waals surface area (Å²) in [6.07, 6.45) is 3.49. The summed E-state index contributed by atoms with van der Waals surface area (Å²) in [6.45, 7) is 2.49. The Morgan fingerprint density at radius 2 is 2.50 bits per heavy atom. The molecule has 3 heteroatoms. The first-order valence-corrected chi connectivity index (χ1v) is 4.37. The van der Waals surface area contributed by atoms with Crippen LogP contribution in [-0.4, -0.2) is 11.5 Å². The molecule has 0 bridgehead atoms. The predicted octanol–water partition coefficient (Wildman–Crippen LogP) is 2.28. The van der Waals surface area contributed by atoms with E-state index in [2.05, 4.69) is 38.1 Å². The molecule has 0 unspecified atom stereocenters. The number of nitrogens with zero attached hydrogens (tertiary/aromatic N) is 1. The third kappa shape index (κ3) is 2.55. The van der Waals surface area contributed by atoms with Crippen LogP contribution in [0.25, 0.3) is 0 Å². The van der Waals surface area contributed by atoms with Gasteiger partial charge in [0.05, 0.1) is 16.7 Å². The molecule has 0 amide bonds. The van der Waals surface area contributed by atoms with Crippen molar-refractivity contribution in [3.05, 3.63) is 22.9 Å². The molecule has 2 nitrogen and oxygen atoms in total. The zero-order valence-electron chi connectivity index (χ0n) is 6.76. The molecule has 1 heterocycles. The van der Waals surface area contributed by atoms with Crippen molar-refractivity contribution in [3.8, 4) is 11.8 Å². The highest BCUT2D eigenvalue weighted by Gasteiger charge is 1.94. The van der Waals surface area contributed by atoms with Crippen LogP contribution >= 0.6 is 15.9 Å². The highest BCUT2D eigenvalue weighted by molar-refractivity contribution is 9.10. The average molecular weight is 225 g/mol. The van der Waals surface area contributed by atoms with E-state index in [-0.39, 0.29) is 0 Å². The molecule has 0 aromatic carbocycles. The largest absolute Gasteiger partial charge is 0.373 e. The van der Waals surface area contributed by atoms with Crippen LogP contribution in [0.5, 0.6) is 0 Å². The van der Waals surface area contributed by atoms with Crippen LogP contribution in [0.4, 0.5) is 5.69 Å². The molecule has 0 aliphatic carbocycles. The summed E-state index contributed by atoms with van der Waals surface area (Å²) in [6, 6.07) is 1.90. The molecule has 0 aliphatic heterocycles. The van der Waals surface area contributed by atoms with Gasteiger partial charge in [-0.2, -0.15) is 0 Å². The van der Waals surface area contributed by atoms with Crippen LogP contribution in [0.2, 0.25) is 0 Å². The summed E-state index contributed by atoms with van der Waals surface area (Å²) >= 11 is 3.38. The average Bonchev–Trinajstić information content (AvgIpc) is 2.09. The summed E-state index contributed by atoms with van der Waals surface area (Å²) in [4.78, 5) is 3.95. The van der Waals surface area contributed by atoms with Crippen molar-refractivity contribution < 1.29 is 0 Å². The molecule has 0 aliphatic rings. The van der Waals surface area contributed by atoms with Gasteiger partial charge in [-0.15, -0.1) is 5.92 Å². The van der Waals surface area contributed by atoms with E-state index in [4.69, 9.17) is 0 Å². The van der Waals surface area contributed by atoms with Gasteiger partial charge in [0, 0.05) is 12.4 Å². The van der Waals surface area contributed by atoms with Crippen LogP contribution in [0.1, 0.15) is 6.92 Å². The fourth-order valence-corrected chi connectivity index (χ4v) is 1.14. The van der Waals surface area contributed by atoms with Crippen molar-refractivity contribution in [1.29, 1.82) is 0 Å². The number of anilines is 1. The number of nitrogens with one attached hydrogen (secondary N) is 1. The second-order valence-corrected chi connectivity index (χ2v) is 2.99. The van der Waals surface area contributed by atoms with Crippen LogP contribution in [0, 0.1) is 11.8 Å². The fraction of sp³-hybridized carbons (Fsp3) is 0.222. The lowest BCUT2D eigenvalue weighted by molar-refractivity contribution is 1.27. The first kappa shape index (κ1) is 9.08. The maximum atomic E-state index is 3.95. The SMILES string of the molecule is CC#CCNc1ccncc1Br. The summed E-state index contributed by atoms with van der Waals surface area (Å²) in [5, 5.41) is 3.15. The number of pyridine rings is 1. The smallest absolute Gasteiger partial charge is 0.0766 e. The number of halogens is 1. The van der Waals surface area contributed by atoms with Crippen LogP contribution < -0.4 is 5.32 Å². The highest BCUT2D eigenvalue weighted by atomic mass is 79.9. The number of aromatic nitrogens is 1. The van der Waals surface area contributed by atoms with Gasteiger partial charge < -0.3 is 5.32 Å². The first-order valence-electron chi connectivity index (χ1n) is 3.57. The van der Waals surface area contributed by atoms with E-state index in [9.17, 15) is 0 Å². The van der Waals surface area contributed by atoms with E-state index in [0.717, 1.165) is 10.2 Å². The zero-order valence-corrected chi connectivity index (χ0v) is 8.35. The van der Waals surface area contributed by atoms with Crippen molar-refractivity contribution in [2.75, 3.05) is 11.9 Å². The van der Waals surface area contributed by atoms with Crippen molar-refractivity contribution >= 4 is 21.6 Å². The quantitative estimate of drug-likeness (QED) is 0.781. The van der Waals surface area contributed by atoms with E-state index in [0.29, 0.717) is 6.54 Å². The monoisotopic (exact) mass is 224 g/mol. The lowest BCUT2D eigenvalue weighted by atomic mass is 10.4. The Labute approximate surface area is 80.5 Å². The Balaban J connectivity index is 2.61. The fourth-order valence-electron chi connectivity index (χ4n) is 0.746. The molecule has 0 saturated carbocycles. The Kier molecular flexibility index (Phi) is 3.62. The van der Waals surface area contributed by atoms with Gasteiger partial charge in [0.1, 0.15) is 0 Å². The lowest BCUT2D eigenvalue weighted by Gasteiger charge is -2.02. The van der Waals surface area contributed by atoms with Crippen molar-refractivity contribution in [3.63, 3.8) is 0 Å². The second-order valence-electron chi connectivity index (χ2n) is 2.14. The van der Waals surface area contributed by atoms with Crippen LogP contribution in [-0.2, 0) is 0 Å². The van der Waals surface area contributed by atoms with E-state index in [1.165, 1.54) is 0 Å². The van der Waals surface area contributed by atoms with Gasteiger partial charge in [-0.05, 0) is 28.9 Å². The topological polar surface area (TPSA) is 24.9 Å². The number of hydrogen-bond acceptors (Lipinski definition) is 2. The molecule has 0 fully saturated rings. The normalized spacial score (nSPS) is 8.50. The second kappa shape index (κ2) is 4.78. The minimum absolute atomic E-state index is 0.666. The molecular formula is C9H9BrN2. The van der Waals surface area contributed by atoms with Gasteiger partial charge in [-0.25, -0.2) is 0 Å². The molecule has 0 spiro atoms. The predicted molar refractivity (Wildman–Crippen MR) is 53.9 cm³/mol. The van der Waals surface area contributed by atoms with Gasteiger partial charge in [0.15, 0.2) is 0 Å². The molecule has 0 radical (unpaired) electrons. The van der Waals surface area contributed by atoms with Crippen molar-refractivity contribution in [1.82, 2.24) is 4.98 Å². The van der Waals surface area contributed by atoms with Crippen molar-refractivity contribution in [2.45, 2.75) is 6.92 Å². The van der Waals surface area contributed by atoms with Gasteiger partial charge in [-0.3, -0.25) is 4.98 Å². The van der Waals surface area contributed by atoms with E-state index in [1.807, 2.05) is 13.0 Å². The van der Waals surface area contributed by atoms with Gasteiger partial charge in [0.25, 0.3) is 0 Å².